The molecule has 0 aliphatic carbocycles. The molecule has 0 spiro atoms. The Balaban J connectivity index is 2.58. The quantitative estimate of drug-likeness (QED) is 0.666. The Morgan fingerprint density at radius 3 is 2.32 bits per heavy atom. The second kappa shape index (κ2) is 8.82. The van der Waals surface area contributed by atoms with Gasteiger partial charge in [-0.1, -0.05) is 51.1 Å². The molecule has 0 aliphatic rings. The zero-order valence-corrected chi connectivity index (χ0v) is 15.2. The summed E-state index contributed by atoms with van der Waals surface area (Å²) in [6.07, 6.45) is -1.03. The summed E-state index contributed by atoms with van der Waals surface area (Å²) in [5.74, 6) is -2.39. The van der Waals surface area contributed by atoms with Crippen LogP contribution in [0.5, 0.6) is 0 Å². The fraction of sp³-hybridized carbons (Fsp3) is 0.500. The van der Waals surface area contributed by atoms with Gasteiger partial charge in [-0.25, -0.2) is 9.59 Å². The zero-order chi connectivity index (χ0) is 19.1. The van der Waals surface area contributed by atoms with E-state index in [1.807, 2.05) is 5.32 Å². The molecular formula is C16H23NO7S. The lowest BCUT2D eigenvalue weighted by Gasteiger charge is -2.19. The molecule has 0 unspecified atom stereocenters. The number of ether oxygens (including phenoxy) is 1. The van der Waals surface area contributed by atoms with Crippen LogP contribution in [0.25, 0.3) is 0 Å². The molecule has 0 heterocycles. The third-order valence-electron chi connectivity index (χ3n) is 2.85. The summed E-state index contributed by atoms with van der Waals surface area (Å²) in [5.41, 5.74) is 0.305. The third kappa shape index (κ3) is 9.06. The highest BCUT2D eigenvalue weighted by molar-refractivity contribution is 7.86. The van der Waals surface area contributed by atoms with Crippen molar-refractivity contribution in [3.05, 3.63) is 35.9 Å². The van der Waals surface area contributed by atoms with E-state index in [1.54, 1.807) is 51.1 Å². The standard InChI is InChI=1S/C16H23NO7S/c1-16(2,3)11-24-25(21,22)10-13(14(18)19)17-15(20)23-9-12-7-5-4-6-8-12/h4-8,13H,9-11H2,1-3H3,(H,17,20)(H,18,19)/t13-/m0/s1. The molecule has 1 atom stereocenters. The van der Waals surface area contributed by atoms with Crippen LogP contribution in [0.3, 0.4) is 0 Å². The summed E-state index contributed by atoms with van der Waals surface area (Å²) in [6, 6.07) is 7.10. The van der Waals surface area contributed by atoms with Crippen LogP contribution in [0.4, 0.5) is 4.79 Å². The van der Waals surface area contributed by atoms with Crippen LogP contribution < -0.4 is 5.32 Å². The molecule has 0 saturated heterocycles. The maximum Gasteiger partial charge on any atom is 0.408 e. The number of carbonyl (C=O) groups excluding carboxylic acids is 1. The maximum atomic E-state index is 11.9. The summed E-state index contributed by atoms with van der Waals surface area (Å²) in [5, 5.41) is 11.1. The van der Waals surface area contributed by atoms with E-state index in [0.29, 0.717) is 5.56 Å². The highest BCUT2D eigenvalue weighted by Gasteiger charge is 2.29. The van der Waals surface area contributed by atoms with E-state index in [1.165, 1.54) is 0 Å². The van der Waals surface area contributed by atoms with Gasteiger partial charge in [-0.15, -0.1) is 0 Å². The number of hydrogen-bond donors (Lipinski definition) is 2. The van der Waals surface area contributed by atoms with E-state index >= 15 is 0 Å². The van der Waals surface area contributed by atoms with E-state index in [2.05, 4.69) is 0 Å². The van der Waals surface area contributed by atoms with Crippen molar-refractivity contribution in [2.45, 2.75) is 33.4 Å². The lowest BCUT2D eigenvalue weighted by Crippen LogP contribution is -2.46. The van der Waals surface area contributed by atoms with Crippen molar-refractivity contribution in [1.29, 1.82) is 0 Å². The molecule has 140 valence electrons. The summed E-state index contributed by atoms with van der Waals surface area (Å²) in [4.78, 5) is 22.9. The van der Waals surface area contributed by atoms with Gasteiger partial charge in [0.2, 0.25) is 0 Å². The summed E-state index contributed by atoms with van der Waals surface area (Å²) < 4.78 is 33.4. The smallest absolute Gasteiger partial charge is 0.408 e. The highest BCUT2D eigenvalue weighted by atomic mass is 32.2. The minimum atomic E-state index is -4.12. The van der Waals surface area contributed by atoms with Crippen LogP contribution >= 0.6 is 0 Å². The van der Waals surface area contributed by atoms with Gasteiger partial charge in [0.15, 0.2) is 0 Å². The molecule has 0 aromatic heterocycles. The first kappa shape index (κ1) is 20.9. The molecule has 25 heavy (non-hydrogen) atoms. The van der Waals surface area contributed by atoms with Crippen LogP contribution in [0.2, 0.25) is 0 Å². The highest BCUT2D eigenvalue weighted by Crippen LogP contribution is 2.15. The van der Waals surface area contributed by atoms with Crippen LogP contribution in [0.15, 0.2) is 30.3 Å². The van der Waals surface area contributed by atoms with Crippen molar-refractivity contribution < 1.29 is 32.0 Å². The number of rotatable bonds is 8. The Bertz CT molecular complexity index is 680. The van der Waals surface area contributed by atoms with Crippen LogP contribution in [-0.2, 0) is 30.4 Å². The Hall–Kier alpha value is -2.13. The molecule has 1 aromatic carbocycles. The Kier molecular flexibility index (Phi) is 7.38. The average molecular weight is 373 g/mol. The second-order valence-corrected chi connectivity index (χ2v) is 8.33. The number of alkyl carbamates (subject to hydrolysis) is 1. The number of carboxylic acids is 1. The van der Waals surface area contributed by atoms with Crippen molar-refractivity contribution in [3.8, 4) is 0 Å². The van der Waals surface area contributed by atoms with Gasteiger partial charge < -0.3 is 15.2 Å². The van der Waals surface area contributed by atoms with E-state index < -0.39 is 39.4 Å². The maximum absolute atomic E-state index is 11.9. The number of hydrogen-bond acceptors (Lipinski definition) is 6. The summed E-state index contributed by atoms with van der Waals surface area (Å²) in [7, 11) is -4.12. The van der Waals surface area contributed by atoms with Crippen LogP contribution in [-0.4, -0.2) is 44.0 Å². The average Bonchev–Trinajstić information content (AvgIpc) is 2.51. The number of nitrogens with one attached hydrogen (secondary N) is 1. The molecule has 0 fully saturated rings. The van der Waals surface area contributed by atoms with Crippen molar-refractivity contribution in [2.75, 3.05) is 12.4 Å². The van der Waals surface area contributed by atoms with Crippen molar-refractivity contribution in [3.63, 3.8) is 0 Å². The summed E-state index contributed by atoms with van der Waals surface area (Å²) in [6.45, 7) is 5.16. The first-order valence-electron chi connectivity index (χ1n) is 7.56. The van der Waals surface area contributed by atoms with Gasteiger partial charge >= 0.3 is 12.1 Å². The van der Waals surface area contributed by atoms with Gasteiger partial charge in [0.05, 0.1) is 6.61 Å². The molecule has 0 saturated carbocycles. The number of carboxylic acid groups (broad SMARTS) is 1. The van der Waals surface area contributed by atoms with E-state index in [4.69, 9.17) is 14.0 Å². The van der Waals surface area contributed by atoms with Gasteiger partial charge in [0, 0.05) is 0 Å². The normalized spacial score (nSPS) is 13.1. The fourth-order valence-electron chi connectivity index (χ4n) is 1.60. The molecule has 9 heteroatoms. The van der Waals surface area contributed by atoms with Crippen molar-refractivity contribution >= 4 is 22.2 Å². The molecule has 2 N–H and O–H groups in total. The number of aliphatic carboxylic acids is 1. The lowest BCUT2D eigenvalue weighted by molar-refractivity contribution is -0.138. The van der Waals surface area contributed by atoms with Gasteiger partial charge in [0.1, 0.15) is 18.4 Å². The minimum Gasteiger partial charge on any atom is -0.480 e. The Morgan fingerprint density at radius 1 is 1.20 bits per heavy atom. The fourth-order valence-corrected chi connectivity index (χ4v) is 2.86. The predicted molar refractivity (Wildman–Crippen MR) is 90.4 cm³/mol. The molecule has 1 rings (SSSR count). The SMILES string of the molecule is CC(C)(C)COS(=O)(=O)C[C@H](NC(=O)OCc1ccccc1)C(=O)O. The first-order valence-corrected chi connectivity index (χ1v) is 9.13. The van der Waals surface area contributed by atoms with Crippen molar-refractivity contribution in [1.82, 2.24) is 5.32 Å². The molecular weight excluding hydrogens is 350 g/mol. The lowest BCUT2D eigenvalue weighted by atomic mass is 9.99. The monoisotopic (exact) mass is 373 g/mol. The topological polar surface area (TPSA) is 119 Å². The minimum absolute atomic E-state index is 0.0632. The van der Waals surface area contributed by atoms with Gasteiger partial charge in [-0.2, -0.15) is 8.42 Å². The van der Waals surface area contributed by atoms with Gasteiger partial charge in [-0.05, 0) is 11.0 Å². The number of carbonyl (C=O) groups is 2. The number of benzene rings is 1. The van der Waals surface area contributed by atoms with Gasteiger partial charge in [-0.3, -0.25) is 4.18 Å². The molecule has 0 radical (unpaired) electrons. The van der Waals surface area contributed by atoms with E-state index in [9.17, 15) is 18.0 Å². The molecule has 8 nitrogen and oxygen atoms in total. The first-order chi connectivity index (χ1) is 11.5. The van der Waals surface area contributed by atoms with Gasteiger partial charge in [0.25, 0.3) is 10.1 Å². The van der Waals surface area contributed by atoms with Crippen LogP contribution in [0.1, 0.15) is 26.3 Å². The summed E-state index contributed by atoms with van der Waals surface area (Å²) >= 11 is 0. The Labute approximate surface area is 147 Å². The largest absolute Gasteiger partial charge is 0.480 e. The molecule has 0 bridgehead atoms. The molecule has 0 aliphatic heterocycles. The molecule has 1 aromatic rings. The molecule has 1 amide bonds. The van der Waals surface area contributed by atoms with E-state index in [-0.39, 0.29) is 13.2 Å². The third-order valence-corrected chi connectivity index (χ3v) is 4.06. The van der Waals surface area contributed by atoms with E-state index in [0.717, 1.165) is 0 Å². The van der Waals surface area contributed by atoms with Crippen molar-refractivity contribution in [2.24, 2.45) is 5.41 Å². The second-order valence-electron chi connectivity index (χ2n) is 6.64. The zero-order valence-electron chi connectivity index (χ0n) is 14.4. The van der Waals surface area contributed by atoms with Crippen LogP contribution in [0, 0.1) is 5.41 Å². The predicted octanol–water partition coefficient (Wildman–Crippen LogP) is 1.76. The number of amides is 1. The Morgan fingerprint density at radius 2 is 1.80 bits per heavy atom.